The number of carbonyl (C=O) groups excluding carboxylic acids is 10. The van der Waals surface area contributed by atoms with Crippen LogP contribution < -0.4 is 65.5 Å². The van der Waals surface area contributed by atoms with Gasteiger partial charge in [-0.3, -0.25) is 62.3 Å². The number of primary amides is 2. The van der Waals surface area contributed by atoms with Crippen molar-refractivity contribution >= 4 is 82.9 Å². The summed E-state index contributed by atoms with van der Waals surface area (Å²) in [6.07, 6.45) is -5.38. The highest BCUT2D eigenvalue weighted by Gasteiger charge is 2.35. The van der Waals surface area contributed by atoms with E-state index >= 15 is 0 Å². The van der Waals surface area contributed by atoms with Crippen LogP contribution in [0, 0.1) is 5.92 Å². The fourth-order valence-electron chi connectivity index (χ4n) is 5.84. The summed E-state index contributed by atoms with van der Waals surface area (Å²) in [7, 11) is 0. The Hall–Kier alpha value is -7.54. The summed E-state index contributed by atoms with van der Waals surface area (Å²) >= 11 is 0. The topological polar surface area (TPSA) is 540 Å². The van der Waals surface area contributed by atoms with Crippen molar-refractivity contribution in [3.63, 3.8) is 0 Å². The van der Waals surface area contributed by atoms with E-state index in [1.165, 1.54) is 0 Å². The van der Waals surface area contributed by atoms with Gasteiger partial charge >= 0.3 is 23.9 Å². The largest absolute Gasteiger partial charge is 0.481 e. The van der Waals surface area contributed by atoms with E-state index in [2.05, 4.69) is 26.6 Å². The Bertz CT molecular complexity index is 1920. The van der Waals surface area contributed by atoms with Gasteiger partial charge in [-0.25, -0.2) is 4.79 Å². The number of hydrogen-bond donors (Lipinski definition) is 17. The van der Waals surface area contributed by atoms with Crippen molar-refractivity contribution in [2.24, 2.45) is 28.9 Å². The van der Waals surface area contributed by atoms with Gasteiger partial charge in [0, 0.05) is 19.3 Å². The lowest BCUT2D eigenvalue weighted by atomic mass is 10.0. The van der Waals surface area contributed by atoms with Crippen LogP contribution in [0.15, 0.2) is 0 Å². The van der Waals surface area contributed by atoms with E-state index in [-0.39, 0.29) is 38.1 Å². The summed E-state index contributed by atoms with van der Waals surface area (Å²) in [6, 6.07) is -13.9. The van der Waals surface area contributed by atoms with E-state index in [1.54, 1.807) is 13.8 Å². The van der Waals surface area contributed by atoms with Gasteiger partial charge in [0.25, 0.3) is 0 Å². The van der Waals surface area contributed by atoms with Gasteiger partial charge in [-0.2, -0.15) is 0 Å². The van der Waals surface area contributed by atoms with E-state index in [1.807, 2.05) is 16.0 Å². The lowest BCUT2D eigenvalue weighted by Crippen LogP contribution is -2.61. The number of carbonyl (C=O) groups is 14. The Morgan fingerprint density at radius 1 is 0.457 bits per heavy atom. The van der Waals surface area contributed by atoms with Crippen LogP contribution in [0.3, 0.4) is 0 Å². The van der Waals surface area contributed by atoms with Crippen molar-refractivity contribution in [3.8, 4) is 0 Å². The molecule has 70 heavy (non-hydrogen) atoms. The Labute approximate surface area is 399 Å². The van der Waals surface area contributed by atoms with Gasteiger partial charge in [-0.15, -0.1) is 0 Å². The van der Waals surface area contributed by atoms with E-state index in [9.17, 15) is 92.7 Å². The van der Waals surface area contributed by atoms with Crippen LogP contribution in [0.4, 0.5) is 0 Å². The number of hydrogen-bond acceptors (Lipinski definition) is 17. The zero-order valence-electron chi connectivity index (χ0n) is 38.4. The van der Waals surface area contributed by atoms with E-state index < -0.39 is 183 Å². The van der Waals surface area contributed by atoms with E-state index in [0.29, 0.717) is 6.42 Å². The SMILES string of the molecule is CC(C)[C@H](N)C(=O)N[C@@H](CCC(N)=O)C(=O)NCC(=O)N[C@@H](CCC(=O)O)C(=O)N[C@@H](CCC(=O)O)C(=O)N[C@@H](CO)C(=O)N[C@@H](CC(N)=O)C(=O)N[C@@H](CC(=O)O)C(=O)N[C@@H](CCCCN)C(=O)O. The second kappa shape index (κ2) is 32.3. The van der Waals surface area contributed by atoms with Gasteiger partial charge in [-0.05, 0) is 51.0 Å². The summed E-state index contributed by atoms with van der Waals surface area (Å²) in [4.78, 5) is 175. The first-order valence-electron chi connectivity index (χ1n) is 21.5. The molecule has 394 valence electrons. The van der Waals surface area contributed by atoms with Gasteiger partial charge in [0.15, 0.2) is 0 Å². The molecule has 21 N–H and O–H groups in total. The van der Waals surface area contributed by atoms with Gasteiger partial charge in [0.1, 0.15) is 42.3 Å². The minimum absolute atomic E-state index is 0.132. The number of aliphatic hydroxyl groups is 1. The quantitative estimate of drug-likeness (QED) is 0.0259. The molecule has 0 spiro atoms. The van der Waals surface area contributed by atoms with Crippen molar-refractivity contribution in [3.05, 3.63) is 0 Å². The minimum atomic E-state index is -2.08. The predicted molar refractivity (Wildman–Crippen MR) is 235 cm³/mol. The fourth-order valence-corrected chi connectivity index (χ4v) is 5.84. The first-order valence-corrected chi connectivity index (χ1v) is 21.5. The molecule has 0 aromatic carbocycles. The van der Waals surface area contributed by atoms with Crippen molar-refractivity contribution in [2.75, 3.05) is 19.7 Å². The summed E-state index contributed by atoms with van der Waals surface area (Å²) in [5.41, 5.74) is 21.6. The smallest absolute Gasteiger partial charge is 0.326 e. The van der Waals surface area contributed by atoms with Gasteiger partial charge < -0.3 is 91.0 Å². The first-order chi connectivity index (χ1) is 32.6. The standard InChI is InChI=1S/C39H64N12O19/c1-17(2)31(43)38(68)47-18(6-9-25(41)53)32(62)44-15-27(55)45-19(7-10-28(56)57)33(63)46-20(8-11-29(58)59)34(64)51-24(16-52)37(67)49-22(13-26(42)54)35(65)50-23(14-30(60)61)36(66)48-21(39(69)70)5-3-4-12-40/h17-24,31,52H,3-16,40,43H2,1-2H3,(H2,41,53)(H2,42,54)(H,44,62)(H,45,55)(H,46,63)(H,47,68)(H,48,66)(H,49,67)(H,50,65)(H,51,64)(H,56,57)(H,58,59)(H,60,61)(H,69,70)/t18-,19-,20-,21-,22-,23-,24-,31-/m0/s1. The third-order valence-corrected chi connectivity index (χ3v) is 9.76. The number of aliphatic hydroxyl groups excluding tert-OH is 1. The van der Waals surface area contributed by atoms with Crippen LogP contribution in [0.25, 0.3) is 0 Å². The number of nitrogens with one attached hydrogen (secondary N) is 8. The number of rotatable bonds is 36. The molecule has 0 aliphatic rings. The molecule has 31 nitrogen and oxygen atoms in total. The molecule has 0 aromatic heterocycles. The molecule has 0 unspecified atom stereocenters. The zero-order chi connectivity index (χ0) is 53.8. The molecular formula is C39H64N12O19. The average molecular weight is 1010 g/mol. The number of nitrogens with two attached hydrogens (primary N) is 4. The van der Waals surface area contributed by atoms with Crippen molar-refractivity contribution in [1.82, 2.24) is 42.5 Å². The third-order valence-electron chi connectivity index (χ3n) is 9.76. The van der Waals surface area contributed by atoms with Gasteiger partial charge in [0.05, 0.1) is 32.0 Å². The maximum absolute atomic E-state index is 13.5. The molecule has 0 rings (SSSR count). The monoisotopic (exact) mass is 1000 g/mol. The second-order valence-corrected chi connectivity index (χ2v) is 15.9. The number of carboxylic acid groups (broad SMARTS) is 4. The molecule has 0 aliphatic carbocycles. The lowest BCUT2D eigenvalue weighted by Gasteiger charge is -2.26. The predicted octanol–water partition coefficient (Wildman–Crippen LogP) is -7.97. The molecule has 0 saturated carbocycles. The van der Waals surface area contributed by atoms with Crippen LogP contribution in [0.1, 0.15) is 84.5 Å². The van der Waals surface area contributed by atoms with Crippen LogP contribution in [-0.4, -0.2) is 177 Å². The number of unbranched alkanes of at least 4 members (excludes halogenated alkanes) is 1. The molecule has 10 amide bonds. The molecule has 31 heteroatoms. The highest BCUT2D eigenvalue weighted by Crippen LogP contribution is 2.08. The van der Waals surface area contributed by atoms with Crippen molar-refractivity contribution in [2.45, 2.75) is 133 Å². The molecule has 8 atom stereocenters. The normalized spacial score (nSPS) is 14.3. The Morgan fingerprint density at radius 3 is 1.31 bits per heavy atom. The van der Waals surface area contributed by atoms with E-state index in [4.69, 9.17) is 22.9 Å². The zero-order valence-corrected chi connectivity index (χ0v) is 38.4. The molecule has 0 heterocycles. The Morgan fingerprint density at radius 2 is 0.871 bits per heavy atom. The molecule has 0 saturated heterocycles. The van der Waals surface area contributed by atoms with Crippen LogP contribution in [0.2, 0.25) is 0 Å². The number of aliphatic carboxylic acids is 4. The molecule has 0 aromatic rings. The van der Waals surface area contributed by atoms with E-state index in [0.717, 1.165) is 0 Å². The summed E-state index contributed by atoms with van der Waals surface area (Å²) in [5.74, 6) is -18.3. The third kappa shape index (κ3) is 25.6. The molecule has 0 radical (unpaired) electrons. The number of carboxylic acids is 4. The van der Waals surface area contributed by atoms with Gasteiger partial charge in [0.2, 0.25) is 59.1 Å². The highest BCUT2D eigenvalue weighted by atomic mass is 16.4. The Balaban J connectivity index is 6.32. The summed E-state index contributed by atoms with van der Waals surface area (Å²) in [6.45, 7) is 1.25. The molecule has 0 aliphatic heterocycles. The van der Waals surface area contributed by atoms with Gasteiger partial charge in [-0.1, -0.05) is 13.8 Å². The molecular weight excluding hydrogens is 940 g/mol. The fraction of sp³-hybridized carbons (Fsp3) is 0.641. The van der Waals surface area contributed by atoms with Crippen LogP contribution in [-0.2, 0) is 67.1 Å². The molecule has 0 fully saturated rings. The van der Waals surface area contributed by atoms with Crippen molar-refractivity contribution < 1.29 is 92.7 Å². The Kier molecular flexibility index (Phi) is 28.8. The first kappa shape index (κ1) is 62.5. The minimum Gasteiger partial charge on any atom is -0.481 e. The number of amides is 10. The lowest BCUT2D eigenvalue weighted by molar-refractivity contribution is -0.144. The second-order valence-electron chi connectivity index (χ2n) is 15.9. The summed E-state index contributed by atoms with van der Waals surface area (Å²) < 4.78 is 0. The van der Waals surface area contributed by atoms with Crippen LogP contribution in [0.5, 0.6) is 0 Å². The van der Waals surface area contributed by atoms with Crippen LogP contribution >= 0.6 is 0 Å². The maximum Gasteiger partial charge on any atom is 0.326 e. The highest BCUT2D eigenvalue weighted by molar-refractivity contribution is 5.99. The maximum atomic E-state index is 13.5. The molecule has 0 bridgehead atoms. The summed E-state index contributed by atoms with van der Waals surface area (Å²) in [5, 5.41) is 64.4. The average Bonchev–Trinajstić information content (AvgIpc) is 3.26. The van der Waals surface area contributed by atoms with Crippen molar-refractivity contribution in [1.29, 1.82) is 0 Å².